The van der Waals surface area contributed by atoms with E-state index >= 15 is 0 Å². The van der Waals surface area contributed by atoms with Gasteiger partial charge in [-0.2, -0.15) is 26.3 Å². The Balaban J connectivity index is 2.80. The van der Waals surface area contributed by atoms with E-state index in [4.69, 9.17) is 0 Å². The molecular weight excluding hydrogens is 307 g/mol. The normalized spacial score (nSPS) is 14.3. The summed E-state index contributed by atoms with van der Waals surface area (Å²) in [6, 6.07) is 1.30. The predicted octanol–water partition coefficient (Wildman–Crippen LogP) is 3.68. The van der Waals surface area contributed by atoms with Crippen LogP contribution in [0.25, 0.3) is 0 Å². The van der Waals surface area contributed by atoms with E-state index in [-0.39, 0.29) is 5.56 Å². The Kier molecular flexibility index (Phi) is 5.57. The molecular formula is C12H12F7NO. The molecule has 1 N–H and O–H groups in total. The lowest BCUT2D eigenvalue weighted by atomic mass is 10.0. The average molecular weight is 319 g/mol. The second-order valence-corrected chi connectivity index (χ2v) is 4.21. The molecule has 0 fully saturated rings. The van der Waals surface area contributed by atoms with Gasteiger partial charge in [0.15, 0.2) is 0 Å². The highest BCUT2D eigenvalue weighted by Gasteiger charge is 2.34. The number of halogens is 7. The number of likely N-dealkylation sites (N-methyl/N-ethyl adjacent to an activating group) is 1. The van der Waals surface area contributed by atoms with Gasteiger partial charge in [0.1, 0.15) is 12.4 Å². The van der Waals surface area contributed by atoms with Gasteiger partial charge in [0, 0.05) is 0 Å². The van der Waals surface area contributed by atoms with Gasteiger partial charge in [0.05, 0.1) is 18.2 Å². The van der Waals surface area contributed by atoms with Gasteiger partial charge in [-0.1, -0.05) is 6.07 Å². The van der Waals surface area contributed by atoms with Gasteiger partial charge in [-0.3, -0.25) is 0 Å². The molecule has 0 radical (unpaired) electrons. The van der Waals surface area contributed by atoms with Crippen LogP contribution in [0.15, 0.2) is 18.2 Å². The summed E-state index contributed by atoms with van der Waals surface area (Å²) < 4.78 is 90.8. The van der Waals surface area contributed by atoms with Crippen molar-refractivity contribution in [3.05, 3.63) is 35.1 Å². The van der Waals surface area contributed by atoms with Gasteiger partial charge in [-0.25, -0.2) is 4.39 Å². The first-order valence-corrected chi connectivity index (χ1v) is 5.73. The zero-order chi connectivity index (χ0) is 16.3. The van der Waals surface area contributed by atoms with Gasteiger partial charge in [-0.05, 0) is 24.7 Å². The molecule has 0 amide bonds. The van der Waals surface area contributed by atoms with Gasteiger partial charge in [-0.15, -0.1) is 0 Å². The van der Waals surface area contributed by atoms with Crippen molar-refractivity contribution in [3.63, 3.8) is 0 Å². The molecule has 9 heteroatoms. The highest BCUT2D eigenvalue weighted by molar-refractivity contribution is 5.28. The third kappa shape index (κ3) is 5.50. The number of hydrogen-bond donors (Lipinski definition) is 1. The highest BCUT2D eigenvalue weighted by Crippen LogP contribution is 2.32. The molecule has 0 spiro atoms. The van der Waals surface area contributed by atoms with Crippen molar-refractivity contribution in [1.82, 2.24) is 5.32 Å². The minimum atomic E-state index is -4.83. The van der Waals surface area contributed by atoms with Crippen LogP contribution in [0.5, 0.6) is 0 Å². The Bertz CT molecular complexity index is 470. The van der Waals surface area contributed by atoms with E-state index in [9.17, 15) is 30.7 Å². The van der Waals surface area contributed by atoms with Gasteiger partial charge >= 0.3 is 12.4 Å². The number of benzene rings is 1. The Morgan fingerprint density at radius 2 is 1.76 bits per heavy atom. The molecule has 0 saturated heterocycles. The maximum absolute atomic E-state index is 13.4. The Morgan fingerprint density at radius 3 is 2.19 bits per heavy atom. The second-order valence-electron chi connectivity index (χ2n) is 4.21. The molecule has 0 aliphatic carbocycles. The second kappa shape index (κ2) is 6.61. The SMILES string of the molecule is CNC(COCC(F)(F)F)c1ccc(C(F)(F)F)c(F)c1. The third-order valence-electron chi connectivity index (χ3n) is 2.60. The lowest BCUT2D eigenvalue weighted by Crippen LogP contribution is -2.26. The Labute approximate surface area is 115 Å². The number of alkyl halides is 6. The maximum Gasteiger partial charge on any atom is 0.419 e. The van der Waals surface area contributed by atoms with Gasteiger partial charge in [0.25, 0.3) is 0 Å². The first-order chi connectivity index (χ1) is 9.54. The molecule has 1 aromatic carbocycles. The first kappa shape index (κ1) is 17.7. The summed E-state index contributed by atoms with van der Waals surface area (Å²) >= 11 is 0. The lowest BCUT2D eigenvalue weighted by Gasteiger charge is -2.18. The van der Waals surface area contributed by atoms with E-state index < -0.39 is 43.0 Å². The third-order valence-corrected chi connectivity index (χ3v) is 2.60. The minimum Gasteiger partial charge on any atom is -0.370 e. The topological polar surface area (TPSA) is 21.3 Å². The molecule has 2 nitrogen and oxygen atoms in total. The van der Waals surface area contributed by atoms with Crippen LogP contribution < -0.4 is 5.32 Å². The summed E-state index contributed by atoms with van der Waals surface area (Å²) in [5, 5.41) is 2.55. The molecule has 1 aromatic rings. The first-order valence-electron chi connectivity index (χ1n) is 5.73. The number of hydrogen-bond acceptors (Lipinski definition) is 2. The van der Waals surface area contributed by atoms with Crippen LogP contribution in [0.3, 0.4) is 0 Å². The average Bonchev–Trinajstić information content (AvgIpc) is 2.31. The van der Waals surface area contributed by atoms with Crippen LogP contribution in [0.4, 0.5) is 30.7 Å². The van der Waals surface area contributed by atoms with Crippen molar-refractivity contribution in [2.45, 2.75) is 18.4 Å². The molecule has 1 atom stereocenters. The molecule has 0 aliphatic rings. The zero-order valence-electron chi connectivity index (χ0n) is 10.8. The lowest BCUT2D eigenvalue weighted by molar-refractivity contribution is -0.175. The summed E-state index contributed by atoms with van der Waals surface area (Å²) in [5.41, 5.74) is -1.37. The van der Waals surface area contributed by atoms with E-state index in [1.807, 2.05) is 0 Å². The zero-order valence-corrected chi connectivity index (χ0v) is 10.8. The number of nitrogens with one attached hydrogen (secondary N) is 1. The van der Waals surface area contributed by atoms with E-state index in [1.165, 1.54) is 7.05 Å². The molecule has 0 bridgehead atoms. The van der Waals surface area contributed by atoms with Crippen molar-refractivity contribution in [2.75, 3.05) is 20.3 Å². The van der Waals surface area contributed by atoms with Gasteiger partial charge in [0.2, 0.25) is 0 Å². The predicted molar refractivity (Wildman–Crippen MR) is 60.1 cm³/mol. The fourth-order valence-electron chi connectivity index (χ4n) is 1.62. The fourth-order valence-corrected chi connectivity index (χ4v) is 1.62. The van der Waals surface area contributed by atoms with Crippen molar-refractivity contribution in [2.24, 2.45) is 0 Å². The van der Waals surface area contributed by atoms with E-state index in [0.29, 0.717) is 12.1 Å². The highest BCUT2D eigenvalue weighted by atomic mass is 19.4. The molecule has 120 valence electrons. The summed E-state index contributed by atoms with van der Waals surface area (Å²) in [6.45, 7) is -1.95. The van der Waals surface area contributed by atoms with Crippen LogP contribution in [-0.2, 0) is 10.9 Å². The fraction of sp³-hybridized carbons (Fsp3) is 0.500. The quantitative estimate of drug-likeness (QED) is 0.836. The van der Waals surface area contributed by atoms with Crippen LogP contribution in [-0.4, -0.2) is 26.4 Å². The van der Waals surface area contributed by atoms with E-state index in [1.54, 1.807) is 0 Å². The summed E-state index contributed by atoms with van der Waals surface area (Å²) in [6.07, 6.45) is -9.34. The molecule has 21 heavy (non-hydrogen) atoms. The Hall–Kier alpha value is -1.35. The monoisotopic (exact) mass is 319 g/mol. The molecule has 1 unspecified atom stereocenters. The van der Waals surface area contributed by atoms with E-state index in [0.717, 1.165) is 6.07 Å². The smallest absolute Gasteiger partial charge is 0.370 e. The number of rotatable bonds is 5. The molecule has 1 rings (SSSR count). The number of ether oxygens (including phenoxy) is 1. The molecule has 0 saturated carbocycles. The Morgan fingerprint density at radius 1 is 1.14 bits per heavy atom. The summed E-state index contributed by atoms with van der Waals surface area (Å²) in [4.78, 5) is 0. The standard InChI is InChI=1S/C12H12F7NO/c1-20-10(5-21-6-11(14,15)16)7-2-3-8(9(13)4-7)12(17,18)19/h2-4,10,20H,5-6H2,1H3. The minimum absolute atomic E-state index is 0.0603. The molecule has 0 aromatic heterocycles. The van der Waals surface area contributed by atoms with Crippen LogP contribution >= 0.6 is 0 Å². The van der Waals surface area contributed by atoms with E-state index in [2.05, 4.69) is 10.1 Å². The molecule has 0 aliphatic heterocycles. The van der Waals surface area contributed by atoms with Gasteiger partial charge < -0.3 is 10.1 Å². The summed E-state index contributed by atoms with van der Waals surface area (Å²) in [7, 11) is 1.37. The van der Waals surface area contributed by atoms with Crippen LogP contribution in [0.2, 0.25) is 0 Å². The van der Waals surface area contributed by atoms with Crippen LogP contribution in [0.1, 0.15) is 17.2 Å². The largest absolute Gasteiger partial charge is 0.419 e. The maximum atomic E-state index is 13.4. The van der Waals surface area contributed by atoms with Crippen molar-refractivity contribution in [1.29, 1.82) is 0 Å². The van der Waals surface area contributed by atoms with Crippen molar-refractivity contribution >= 4 is 0 Å². The van der Waals surface area contributed by atoms with Crippen LogP contribution in [0, 0.1) is 5.82 Å². The molecule has 0 heterocycles. The van der Waals surface area contributed by atoms with Crippen molar-refractivity contribution < 1.29 is 35.5 Å². The van der Waals surface area contributed by atoms with Crippen molar-refractivity contribution in [3.8, 4) is 0 Å². The summed E-state index contributed by atoms with van der Waals surface area (Å²) in [5.74, 6) is -1.49.